The molecule has 1 rings (SSSR count). The highest BCUT2D eigenvalue weighted by Crippen LogP contribution is 2.45. The Labute approximate surface area is 173 Å². The molecule has 0 heterocycles. The van der Waals surface area contributed by atoms with E-state index >= 15 is 0 Å². The maximum absolute atomic E-state index is 12.3. The Balaban J connectivity index is 2.54. The third-order valence-corrected chi connectivity index (χ3v) is 4.77. The quantitative estimate of drug-likeness (QED) is 0.550. The lowest BCUT2D eigenvalue weighted by molar-refractivity contribution is 0.0382. The highest BCUT2D eigenvalue weighted by atomic mass is 16.6. The minimum atomic E-state index is -0.572. The molecule has 1 aliphatic rings. The fourth-order valence-electron chi connectivity index (χ4n) is 4.12. The summed E-state index contributed by atoms with van der Waals surface area (Å²) in [7, 11) is 1.33. The molecular formula is C20H37N3O6. The Morgan fingerprint density at radius 3 is 2.28 bits per heavy atom. The lowest BCUT2D eigenvalue weighted by Gasteiger charge is -2.46. The van der Waals surface area contributed by atoms with Gasteiger partial charge >= 0.3 is 18.3 Å². The summed E-state index contributed by atoms with van der Waals surface area (Å²) in [6, 6.07) is -0.118. The summed E-state index contributed by atoms with van der Waals surface area (Å²) in [5.74, 6) is 0. The van der Waals surface area contributed by atoms with E-state index in [1.165, 1.54) is 7.11 Å². The molecule has 1 fully saturated rings. The number of hydrogen-bond donors (Lipinski definition) is 3. The van der Waals surface area contributed by atoms with Crippen molar-refractivity contribution in [1.29, 1.82) is 0 Å². The lowest BCUT2D eigenvalue weighted by atomic mass is 9.62. The van der Waals surface area contributed by atoms with Crippen molar-refractivity contribution in [3.63, 3.8) is 0 Å². The van der Waals surface area contributed by atoms with Gasteiger partial charge in [0, 0.05) is 18.6 Å². The van der Waals surface area contributed by atoms with Crippen LogP contribution >= 0.6 is 0 Å². The molecule has 3 unspecified atom stereocenters. The molecule has 0 radical (unpaired) electrons. The summed E-state index contributed by atoms with van der Waals surface area (Å²) in [6.45, 7) is 12.1. The number of amides is 3. The molecule has 0 aromatic heterocycles. The van der Waals surface area contributed by atoms with E-state index in [1.807, 2.05) is 13.8 Å². The van der Waals surface area contributed by atoms with Crippen molar-refractivity contribution in [2.45, 2.75) is 79.0 Å². The Kier molecular flexibility index (Phi) is 9.04. The van der Waals surface area contributed by atoms with Gasteiger partial charge in [0.1, 0.15) is 12.7 Å². The van der Waals surface area contributed by atoms with Crippen molar-refractivity contribution < 1.29 is 28.6 Å². The molecule has 29 heavy (non-hydrogen) atoms. The molecule has 3 N–H and O–H groups in total. The van der Waals surface area contributed by atoms with Crippen molar-refractivity contribution in [3.8, 4) is 0 Å². The zero-order valence-electron chi connectivity index (χ0n) is 18.7. The van der Waals surface area contributed by atoms with Gasteiger partial charge in [-0.05, 0) is 50.9 Å². The molecule has 0 aromatic carbocycles. The van der Waals surface area contributed by atoms with E-state index in [9.17, 15) is 14.4 Å². The van der Waals surface area contributed by atoms with Crippen LogP contribution in [0.2, 0.25) is 0 Å². The van der Waals surface area contributed by atoms with Crippen molar-refractivity contribution in [3.05, 3.63) is 0 Å². The van der Waals surface area contributed by atoms with Gasteiger partial charge < -0.3 is 30.2 Å². The Hall–Kier alpha value is -2.19. The normalized spacial score (nSPS) is 24.2. The summed E-state index contributed by atoms with van der Waals surface area (Å²) in [6.07, 6.45) is 0.294. The second-order valence-electron chi connectivity index (χ2n) is 9.36. The first-order valence-electron chi connectivity index (χ1n) is 10.1. The van der Waals surface area contributed by atoms with Crippen LogP contribution in [0.4, 0.5) is 14.4 Å². The smallest absolute Gasteiger partial charge is 0.407 e. The van der Waals surface area contributed by atoms with E-state index in [-0.39, 0.29) is 29.5 Å². The van der Waals surface area contributed by atoms with Gasteiger partial charge in [0.25, 0.3) is 0 Å². The average Bonchev–Trinajstić information content (AvgIpc) is 2.55. The molecule has 1 saturated carbocycles. The van der Waals surface area contributed by atoms with E-state index in [0.29, 0.717) is 13.0 Å². The summed E-state index contributed by atoms with van der Waals surface area (Å²) >= 11 is 0. The van der Waals surface area contributed by atoms with Crippen molar-refractivity contribution >= 4 is 18.3 Å². The predicted molar refractivity (Wildman–Crippen MR) is 109 cm³/mol. The van der Waals surface area contributed by atoms with Gasteiger partial charge in [0.2, 0.25) is 0 Å². The zero-order chi connectivity index (χ0) is 22.2. The molecular weight excluding hydrogens is 378 g/mol. The standard InChI is InChI=1S/C20H37N3O6/c1-13(2)22-17(25)28-10-14(3)29-18(26)23-15-8-19(4,5)11-20(6,9-15)12-21-16(24)27-7/h13-15H,8-12H2,1-7H3,(H,21,24)(H,22,25)(H,23,26). The largest absolute Gasteiger partial charge is 0.453 e. The van der Waals surface area contributed by atoms with Crippen molar-refractivity contribution in [2.75, 3.05) is 20.3 Å². The molecule has 0 bridgehead atoms. The van der Waals surface area contributed by atoms with Crippen LogP contribution in [-0.2, 0) is 14.2 Å². The fraction of sp³-hybridized carbons (Fsp3) is 0.850. The van der Waals surface area contributed by atoms with Crippen LogP contribution in [0.3, 0.4) is 0 Å². The lowest BCUT2D eigenvalue weighted by Crippen LogP contribution is -2.50. The molecule has 1 aliphatic carbocycles. The van der Waals surface area contributed by atoms with Gasteiger partial charge in [0.15, 0.2) is 0 Å². The molecule has 0 spiro atoms. The highest BCUT2D eigenvalue weighted by molar-refractivity contribution is 5.68. The van der Waals surface area contributed by atoms with E-state index in [2.05, 4.69) is 41.5 Å². The summed E-state index contributed by atoms with van der Waals surface area (Å²) in [5.41, 5.74) is -0.191. The first-order chi connectivity index (χ1) is 13.3. The SMILES string of the molecule is COC(=O)NCC1(C)CC(NC(=O)OC(C)COC(=O)NC(C)C)CC(C)(C)C1. The molecule has 3 atom stereocenters. The van der Waals surface area contributed by atoms with Crippen molar-refractivity contribution in [2.24, 2.45) is 10.8 Å². The Morgan fingerprint density at radius 2 is 1.69 bits per heavy atom. The van der Waals surface area contributed by atoms with Gasteiger partial charge in [-0.15, -0.1) is 0 Å². The molecule has 9 heteroatoms. The molecule has 0 aromatic rings. The molecule has 0 aliphatic heterocycles. The number of rotatable bonds is 7. The molecule has 168 valence electrons. The molecule has 0 saturated heterocycles. The predicted octanol–water partition coefficient (Wildman–Crippen LogP) is 3.18. The minimum absolute atomic E-state index is 0.00753. The van der Waals surface area contributed by atoms with E-state index in [4.69, 9.17) is 9.47 Å². The first-order valence-corrected chi connectivity index (χ1v) is 10.1. The summed E-state index contributed by atoms with van der Waals surface area (Å²) < 4.78 is 15.0. The number of alkyl carbamates (subject to hydrolysis) is 3. The molecule has 3 amide bonds. The first kappa shape index (κ1) is 24.8. The second-order valence-corrected chi connectivity index (χ2v) is 9.36. The van der Waals surface area contributed by atoms with Crippen LogP contribution in [0.1, 0.15) is 60.8 Å². The van der Waals surface area contributed by atoms with Crippen molar-refractivity contribution in [1.82, 2.24) is 16.0 Å². The summed E-state index contributed by atoms with van der Waals surface area (Å²) in [4.78, 5) is 35.2. The fourth-order valence-corrected chi connectivity index (χ4v) is 4.12. The van der Waals surface area contributed by atoms with Crippen LogP contribution in [0.15, 0.2) is 0 Å². The van der Waals surface area contributed by atoms with Crippen LogP contribution in [0.25, 0.3) is 0 Å². The van der Waals surface area contributed by atoms with E-state index < -0.39 is 24.4 Å². The third-order valence-electron chi connectivity index (χ3n) is 4.77. The number of hydrogen-bond acceptors (Lipinski definition) is 6. The second kappa shape index (κ2) is 10.5. The number of methoxy groups -OCH3 is 1. The average molecular weight is 416 g/mol. The summed E-state index contributed by atoms with van der Waals surface area (Å²) in [5, 5.41) is 8.29. The van der Waals surface area contributed by atoms with Gasteiger partial charge in [0.05, 0.1) is 7.11 Å². The van der Waals surface area contributed by atoms with Crippen LogP contribution in [0, 0.1) is 10.8 Å². The van der Waals surface area contributed by atoms with Gasteiger partial charge in [-0.2, -0.15) is 0 Å². The minimum Gasteiger partial charge on any atom is -0.453 e. The van der Waals surface area contributed by atoms with Gasteiger partial charge in [-0.3, -0.25) is 0 Å². The van der Waals surface area contributed by atoms with Crippen LogP contribution in [0.5, 0.6) is 0 Å². The van der Waals surface area contributed by atoms with Gasteiger partial charge in [-0.1, -0.05) is 20.8 Å². The zero-order valence-corrected chi connectivity index (χ0v) is 18.7. The monoisotopic (exact) mass is 415 g/mol. The van der Waals surface area contributed by atoms with Crippen LogP contribution < -0.4 is 16.0 Å². The maximum Gasteiger partial charge on any atom is 0.407 e. The Morgan fingerprint density at radius 1 is 1.03 bits per heavy atom. The number of carbonyl (C=O) groups is 3. The molecule has 9 nitrogen and oxygen atoms in total. The third kappa shape index (κ3) is 9.71. The van der Waals surface area contributed by atoms with E-state index in [0.717, 1.165) is 12.8 Å². The number of nitrogens with one attached hydrogen (secondary N) is 3. The number of carbonyl (C=O) groups excluding carboxylic acids is 3. The van der Waals surface area contributed by atoms with Gasteiger partial charge in [-0.25, -0.2) is 14.4 Å². The Bertz CT molecular complexity index is 581. The topological polar surface area (TPSA) is 115 Å². The number of ether oxygens (including phenoxy) is 3. The van der Waals surface area contributed by atoms with Crippen LogP contribution in [-0.4, -0.2) is 56.7 Å². The highest BCUT2D eigenvalue weighted by Gasteiger charge is 2.42. The maximum atomic E-state index is 12.3. The van der Waals surface area contributed by atoms with E-state index in [1.54, 1.807) is 6.92 Å².